The largest absolute Gasteiger partial charge is 0.380 e. The van der Waals surface area contributed by atoms with Gasteiger partial charge >= 0.3 is 0 Å². The van der Waals surface area contributed by atoms with Crippen LogP contribution < -0.4 is 0 Å². The Morgan fingerprint density at radius 2 is 1.95 bits per heavy atom. The van der Waals surface area contributed by atoms with E-state index in [9.17, 15) is 9.90 Å². The van der Waals surface area contributed by atoms with Crippen molar-refractivity contribution in [3.63, 3.8) is 0 Å². The number of amides is 1. The van der Waals surface area contributed by atoms with Crippen LogP contribution in [-0.2, 0) is 4.79 Å². The molecule has 5 heteroatoms. The number of hydrogen-bond acceptors (Lipinski definition) is 4. The fourth-order valence-corrected chi connectivity index (χ4v) is 4.73. The highest BCUT2D eigenvalue weighted by molar-refractivity contribution is 7.99. The third-order valence-electron chi connectivity index (χ3n) is 4.84. The summed E-state index contributed by atoms with van der Waals surface area (Å²) < 4.78 is 0. The van der Waals surface area contributed by atoms with Crippen molar-refractivity contribution >= 4 is 17.7 Å². The highest BCUT2D eigenvalue weighted by Gasteiger charge is 2.42. The van der Waals surface area contributed by atoms with Gasteiger partial charge in [0.1, 0.15) is 5.60 Å². The van der Waals surface area contributed by atoms with Crippen LogP contribution in [0.1, 0.15) is 32.1 Å². The van der Waals surface area contributed by atoms with Gasteiger partial charge < -0.3 is 10.0 Å². The number of piperidine rings is 1. The maximum atomic E-state index is 12.6. The maximum absolute atomic E-state index is 12.6. The van der Waals surface area contributed by atoms with Crippen molar-refractivity contribution < 1.29 is 9.90 Å². The number of fused-ring (bicyclic) bond motifs is 1. The number of aliphatic hydroxyl groups is 1. The Morgan fingerprint density at radius 3 is 2.74 bits per heavy atom. The monoisotopic (exact) mass is 284 g/mol. The molecule has 3 heterocycles. The molecule has 3 fully saturated rings. The van der Waals surface area contributed by atoms with Crippen molar-refractivity contribution in [3.8, 4) is 0 Å². The number of piperazine rings is 1. The van der Waals surface area contributed by atoms with Crippen molar-refractivity contribution in [2.45, 2.75) is 43.7 Å². The van der Waals surface area contributed by atoms with Crippen molar-refractivity contribution in [1.82, 2.24) is 9.80 Å². The van der Waals surface area contributed by atoms with Crippen LogP contribution in [0.25, 0.3) is 0 Å². The lowest BCUT2D eigenvalue weighted by Gasteiger charge is -2.46. The van der Waals surface area contributed by atoms with Crippen LogP contribution in [0.5, 0.6) is 0 Å². The van der Waals surface area contributed by atoms with Gasteiger partial charge in [0.25, 0.3) is 5.91 Å². The Labute approximate surface area is 119 Å². The Balaban J connectivity index is 1.64. The van der Waals surface area contributed by atoms with Gasteiger partial charge in [0.05, 0.1) is 0 Å². The van der Waals surface area contributed by atoms with Crippen LogP contribution in [0.4, 0.5) is 0 Å². The summed E-state index contributed by atoms with van der Waals surface area (Å²) in [5, 5.41) is 10.6. The molecule has 19 heavy (non-hydrogen) atoms. The van der Waals surface area contributed by atoms with Gasteiger partial charge in [-0.1, -0.05) is 6.42 Å². The second-order valence-corrected chi connectivity index (χ2v) is 7.31. The minimum atomic E-state index is -1.07. The molecule has 1 unspecified atom stereocenters. The van der Waals surface area contributed by atoms with Crippen LogP contribution in [0, 0.1) is 0 Å². The van der Waals surface area contributed by atoms with Gasteiger partial charge in [0.2, 0.25) is 0 Å². The molecule has 108 valence electrons. The molecule has 0 aromatic heterocycles. The highest BCUT2D eigenvalue weighted by Crippen LogP contribution is 2.30. The number of carbonyl (C=O) groups excluding carboxylic acids is 1. The van der Waals surface area contributed by atoms with E-state index in [1.807, 2.05) is 16.7 Å². The molecule has 0 bridgehead atoms. The van der Waals surface area contributed by atoms with Gasteiger partial charge in [-0.05, 0) is 43.7 Å². The third-order valence-corrected chi connectivity index (χ3v) is 5.83. The zero-order valence-corrected chi connectivity index (χ0v) is 12.3. The van der Waals surface area contributed by atoms with Crippen LogP contribution in [0.2, 0.25) is 0 Å². The Bertz CT molecular complexity index is 344. The summed E-state index contributed by atoms with van der Waals surface area (Å²) in [4.78, 5) is 17.1. The fraction of sp³-hybridized carbons (Fsp3) is 0.929. The number of hydrogen-bond donors (Lipinski definition) is 1. The molecule has 3 aliphatic heterocycles. The van der Waals surface area contributed by atoms with E-state index >= 15 is 0 Å². The summed E-state index contributed by atoms with van der Waals surface area (Å²) in [6.45, 7) is 3.80. The van der Waals surface area contributed by atoms with Crippen molar-refractivity contribution in [2.24, 2.45) is 0 Å². The summed E-state index contributed by atoms with van der Waals surface area (Å²) in [7, 11) is 0. The second-order valence-electron chi connectivity index (χ2n) is 6.08. The average molecular weight is 284 g/mol. The molecule has 0 aromatic carbocycles. The van der Waals surface area contributed by atoms with Crippen LogP contribution in [0.15, 0.2) is 0 Å². The SMILES string of the molecule is O=C(N1CCN2CCCCC2C1)C1(O)CCSCC1. The molecule has 3 saturated heterocycles. The summed E-state index contributed by atoms with van der Waals surface area (Å²) in [6.07, 6.45) is 5.04. The van der Waals surface area contributed by atoms with Crippen molar-refractivity contribution in [1.29, 1.82) is 0 Å². The average Bonchev–Trinajstić information content (AvgIpc) is 2.47. The normalized spacial score (nSPS) is 31.8. The van der Waals surface area contributed by atoms with Crippen LogP contribution in [-0.4, -0.2) is 70.1 Å². The standard InChI is InChI=1S/C14H24N2O2S/c17-13(14(18)4-9-19-10-5-14)16-8-7-15-6-2-1-3-12(15)11-16/h12,18H,1-11H2. The van der Waals surface area contributed by atoms with E-state index in [2.05, 4.69) is 4.90 Å². The predicted octanol–water partition coefficient (Wildman–Crippen LogP) is 0.941. The number of thioether (sulfide) groups is 1. The van der Waals surface area contributed by atoms with Gasteiger partial charge in [-0.3, -0.25) is 9.69 Å². The molecule has 1 atom stereocenters. The van der Waals surface area contributed by atoms with Crippen molar-refractivity contribution in [2.75, 3.05) is 37.7 Å². The minimum absolute atomic E-state index is 0.00183. The molecular formula is C14H24N2O2S. The first-order chi connectivity index (χ1) is 9.19. The molecular weight excluding hydrogens is 260 g/mol. The first-order valence-electron chi connectivity index (χ1n) is 7.53. The lowest BCUT2D eigenvalue weighted by Crippen LogP contribution is -2.60. The first kappa shape index (κ1) is 13.7. The number of rotatable bonds is 1. The smallest absolute Gasteiger partial charge is 0.254 e. The quantitative estimate of drug-likeness (QED) is 0.778. The summed E-state index contributed by atoms with van der Waals surface area (Å²) in [5.74, 6) is 1.81. The Hall–Kier alpha value is -0.260. The van der Waals surface area contributed by atoms with Gasteiger partial charge in [0, 0.05) is 25.7 Å². The molecule has 0 saturated carbocycles. The predicted molar refractivity (Wildman–Crippen MR) is 77.3 cm³/mol. The maximum Gasteiger partial charge on any atom is 0.254 e. The van der Waals surface area contributed by atoms with Crippen LogP contribution in [0.3, 0.4) is 0 Å². The Morgan fingerprint density at radius 1 is 1.16 bits per heavy atom. The molecule has 1 amide bonds. The topological polar surface area (TPSA) is 43.8 Å². The van der Waals surface area contributed by atoms with Crippen LogP contribution >= 0.6 is 11.8 Å². The first-order valence-corrected chi connectivity index (χ1v) is 8.68. The number of nitrogens with zero attached hydrogens (tertiary/aromatic N) is 2. The summed E-state index contributed by atoms with van der Waals surface area (Å²) in [6, 6.07) is 0.535. The van der Waals surface area contributed by atoms with E-state index < -0.39 is 5.60 Å². The molecule has 0 spiro atoms. The molecule has 3 rings (SSSR count). The van der Waals surface area contributed by atoms with Gasteiger partial charge in [-0.15, -0.1) is 0 Å². The Kier molecular flexibility index (Phi) is 4.06. The highest BCUT2D eigenvalue weighted by atomic mass is 32.2. The minimum Gasteiger partial charge on any atom is -0.380 e. The van der Waals surface area contributed by atoms with Gasteiger partial charge in [0.15, 0.2) is 0 Å². The van der Waals surface area contributed by atoms with Gasteiger partial charge in [-0.25, -0.2) is 0 Å². The third kappa shape index (κ3) is 2.78. The second kappa shape index (κ2) is 5.62. The fourth-order valence-electron chi connectivity index (χ4n) is 3.56. The molecule has 1 N–H and O–H groups in total. The van der Waals surface area contributed by atoms with E-state index in [-0.39, 0.29) is 5.91 Å². The summed E-state index contributed by atoms with van der Waals surface area (Å²) >= 11 is 1.84. The zero-order chi connectivity index (χ0) is 13.3. The van der Waals surface area contributed by atoms with Crippen molar-refractivity contribution in [3.05, 3.63) is 0 Å². The zero-order valence-electron chi connectivity index (χ0n) is 11.5. The lowest BCUT2D eigenvalue weighted by atomic mass is 9.93. The van der Waals surface area contributed by atoms with E-state index in [1.165, 1.54) is 25.8 Å². The van der Waals surface area contributed by atoms with E-state index in [4.69, 9.17) is 0 Å². The number of carbonyl (C=O) groups is 1. The molecule has 0 radical (unpaired) electrons. The molecule has 0 aromatic rings. The molecule has 4 nitrogen and oxygen atoms in total. The molecule has 3 aliphatic rings. The molecule has 0 aliphatic carbocycles. The van der Waals surface area contributed by atoms with E-state index in [1.54, 1.807) is 0 Å². The summed E-state index contributed by atoms with van der Waals surface area (Å²) in [5.41, 5.74) is -1.07. The van der Waals surface area contributed by atoms with E-state index in [0.29, 0.717) is 18.9 Å². The lowest BCUT2D eigenvalue weighted by molar-refractivity contribution is -0.155. The van der Waals surface area contributed by atoms with Gasteiger partial charge in [-0.2, -0.15) is 11.8 Å². The van der Waals surface area contributed by atoms with E-state index in [0.717, 1.165) is 31.1 Å².